The van der Waals surface area contributed by atoms with Crippen LogP contribution < -0.4 is 0 Å². The predicted octanol–water partition coefficient (Wildman–Crippen LogP) is 3.34. The first-order chi connectivity index (χ1) is 9.29. The average Bonchev–Trinajstić information content (AvgIpc) is 2.46. The number of aliphatic imine (C=N–C) groups is 1. The summed E-state index contributed by atoms with van der Waals surface area (Å²) < 4.78 is 5.71. The summed E-state index contributed by atoms with van der Waals surface area (Å²) in [5.74, 6) is 0.508. The van der Waals surface area contributed by atoms with Gasteiger partial charge in [-0.15, -0.1) is 0 Å². The molecule has 0 saturated heterocycles. The summed E-state index contributed by atoms with van der Waals surface area (Å²) in [7, 11) is 0. The molecule has 0 aromatic heterocycles. The van der Waals surface area contributed by atoms with Gasteiger partial charge in [0.05, 0.1) is 5.69 Å². The highest BCUT2D eigenvalue weighted by Crippen LogP contribution is 2.33. The number of rotatable bonds is 2. The van der Waals surface area contributed by atoms with E-state index < -0.39 is 6.10 Å². The molecule has 3 rings (SSSR count). The number of benzene rings is 2. The fraction of sp³-hybridized carbons (Fsp3) is 0.125. The molecule has 0 radical (unpaired) electrons. The van der Waals surface area contributed by atoms with Crippen LogP contribution in [-0.2, 0) is 9.53 Å². The van der Waals surface area contributed by atoms with E-state index in [1.165, 1.54) is 0 Å². The molecule has 94 valence electrons. The molecule has 0 N–H and O–H groups in total. The van der Waals surface area contributed by atoms with Gasteiger partial charge in [0.2, 0.25) is 5.90 Å². The summed E-state index contributed by atoms with van der Waals surface area (Å²) in [6, 6.07) is 15.4. The van der Waals surface area contributed by atoms with Crippen molar-refractivity contribution in [1.29, 1.82) is 0 Å². The van der Waals surface area contributed by atoms with Crippen molar-refractivity contribution in [2.24, 2.45) is 4.99 Å². The monoisotopic (exact) mass is 251 g/mol. The van der Waals surface area contributed by atoms with E-state index in [2.05, 4.69) is 4.99 Å². The third-order valence-corrected chi connectivity index (χ3v) is 3.20. The summed E-state index contributed by atoms with van der Waals surface area (Å²) in [5, 5.41) is 0. The number of carbonyl (C=O) groups is 1. The first kappa shape index (κ1) is 11.7. The van der Waals surface area contributed by atoms with Gasteiger partial charge in [0.1, 0.15) is 0 Å². The second-order valence-electron chi connectivity index (χ2n) is 4.47. The van der Waals surface area contributed by atoms with Crippen molar-refractivity contribution in [3.8, 4) is 0 Å². The normalized spacial score (nSPS) is 17.1. The largest absolute Gasteiger partial charge is 0.461 e. The number of para-hydroxylation sites is 1. The second-order valence-corrected chi connectivity index (χ2v) is 4.47. The van der Waals surface area contributed by atoms with E-state index in [0.717, 1.165) is 28.7 Å². The van der Waals surface area contributed by atoms with Gasteiger partial charge >= 0.3 is 0 Å². The van der Waals surface area contributed by atoms with Gasteiger partial charge in [-0.1, -0.05) is 36.4 Å². The highest BCUT2D eigenvalue weighted by atomic mass is 16.5. The molecule has 1 aliphatic heterocycles. The Morgan fingerprint density at radius 3 is 2.63 bits per heavy atom. The minimum atomic E-state index is -0.580. The van der Waals surface area contributed by atoms with Crippen molar-refractivity contribution < 1.29 is 9.53 Å². The predicted molar refractivity (Wildman–Crippen MR) is 73.7 cm³/mol. The zero-order chi connectivity index (χ0) is 13.2. The third-order valence-electron chi connectivity index (χ3n) is 3.20. The Morgan fingerprint density at radius 2 is 1.84 bits per heavy atom. The molecule has 0 bridgehead atoms. The molecule has 0 saturated carbocycles. The van der Waals surface area contributed by atoms with Crippen LogP contribution in [0.4, 0.5) is 5.69 Å². The van der Waals surface area contributed by atoms with Gasteiger partial charge in [0.15, 0.2) is 12.4 Å². The number of nitrogens with zero attached hydrogens (tertiary/aromatic N) is 1. The fourth-order valence-electron chi connectivity index (χ4n) is 2.19. The van der Waals surface area contributed by atoms with Crippen molar-refractivity contribution in [3.63, 3.8) is 0 Å². The Labute approximate surface area is 111 Å². The number of hydrogen-bond donors (Lipinski definition) is 0. The van der Waals surface area contributed by atoms with Gasteiger partial charge in [-0.25, -0.2) is 4.99 Å². The summed E-state index contributed by atoms with van der Waals surface area (Å²) in [5.41, 5.74) is 3.60. The van der Waals surface area contributed by atoms with Crippen LogP contribution in [0, 0.1) is 6.92 Å². The fourth-order valence-corrected chi connectivity index (χ4v) is 2.19. The maximum Gasteiger partial charge on any atom is 0.222 e. The van der Waals surface area contributed by atoms with Crippen LogP contribution in [0.25, 0.3) is 0 Å². The van der Waals surface area contributed by atoms with Gasteiger partial charge in [-0.05, 0) is 24.6 Å². The standard InChI is InChI=1S/C16H13NO2/c1-11-6-2-3-7-12(11)16-17-14-9-5-4-8-13(14)15(10-18)19-16/h2-10,15H,1H3. The zero-order valence-corrected chi connectivity index (χ0v) is 10.5. The number of carbonyl (C=O) groups excluding carboxylic acids is 1. The van der Waals surface area contributed by atoms with Crippen molar-refractivity contribution in [2.75, 3.05) is 0 Å². The van der Waals surface area contributed by atoms with Gasteiger partial charge in [-0.3, -0.25) is 4.79 Å². The lowest BCUT2D eigenvalue weighted by atomic mass is 10.0. The van der Waals surface area contributed by atoms with Crippen molar-refractivity contribution in [3.05, 3.63) is 65.2 Å². The summed E-state index contributed by atoms with van der Waals surface area (Å²) in [6.45, 7) is 2.00. The molecule has 3 heteroatoms. The molecule has 3 nitrogen and oxygen atoms in total. The van der Waals surface area contributed by atoms with E-state index in [1.54, 1.807) is 0 Å². The summed E-state index contributed by atoms with van der Waals surface area (Å²) in [4.78, 5) is 15.7. The maximum absolute atomic E-state index is 11.2. The first-order valence-corrected chi connectivity index (χ1v) is 6.15. The van der Waals surface area contributed by atoms with Gasteiger partial charge in [0.25, 0.3) is 0 Å². The smallest absolute Gasteiger partial charge is 0.222 e. The maximum atomic E-state index is 11.2. The van der Waals surface area contributed by atoms with E-state index in [9.17, 15) is 4.79 Å². The molecule has 0 amide bonds. The Morgan fingerprint density at radius 1 is 1.11 bits per heavy atom. The minimum Gasteiger partial charge on any atom is -0.461 e. The molecule has 1 unspecified atom stereocenters. The van der Waals surface area contributed by atoms with E-state index in [-0.39, 0.29) is 0 Å². The van der Waals surface area contributed by atoms with Crippen LogP contribution in [0.1, 0.15) is 22.8 Å². The zero-order valence-electron chi connectivity index (χ0n) is 10.5. The Bertz CT molecular complexity index is 661. The number of hydrogen-bond acceptors (Lipinski definition) is 3. The lowest BCUT2D eigenvalue weighted by Crippen LogP contribution is -2.18. The van der Waals surface area contributed by atoms with Crippen LogP contribution in [0.3, 0.4) is 0 Å². The van der Waals surface area contributed by atoms with Crippen LogP contribution >= 0.6 is 0 Å². The summed E-state index contributed by atoms with van der Waals surface area (Å²) >= 11 is 0. The quantitative estimate of drug-likeness (QED) is 0.768. The van der Waals surface area contributed by atoms with E-state index in [0.29, 0.717) is 5.90 Å². The molecular weight excluding hydrogens is 238 g/mol. The molecule has 19 heavy (non-hydrogen) atoms. The van der Waals surface area contributed by atoms with Crippen LogP contribution in [-0.4, -0.2) is 12.2 Å². The van der Waals surface area contributed by atoms with E-state index in [4.69, 9.17) is 4.74 Å². The Kier molecular flexibility index (Phi) is 2.88. The molecule has 1 heterocycles. The van der Waals surface area contributed by atoms with Crippen molar-refractivity contribution in [2.45, 2.75) is 13.0 Å². The number of aldehydes is 1. The van der Waals surface area contributed by atoms with Gasteiger partial charge in [0, 0.05) is 11.1 Å². The van der Waals surface area contributed by atoms with Crippen LogP contribution in [0.5, 0.6) is 0 Å². The molecule has 0 fully saturated rings. The molecule has 0 aliphatic carbocycles. The minimum absolute atomic E-state index is 0.508. The van der Waals surface area contributed by atoms with Crippen LogP contribution in [0.15, 0.2) is 53.5 Å². The number of fused-ring (bicyclic) bond motifs is 1. The molecular formula is C16H13NO2. The Hall–Kier alpha value is -2.42. The highest BCUT2D eigenvalue weighted by molar-refractivity contribution is 5.99. The highest BCUT2D eigenvalue weighted by Gasteiger charge is 2.24. The molecule has 2 aromatic carbocycles. The Balaban J connectivity index is 2.13. The SMILES string of the molecule is Cc1ccccc1C1=Nc2ccccc2C(C=O)O1. The van der Waals surface area contributed by atoms with Crippen molar-refractivity contribution >= 4 is 17.9 Å². The van der Waals surface area contributed by atoms with Crippen molar-refractivity contribution in [1.82, 2.24) is 0 Å². The summed E-state index contributed by atoms with van der Waals surface area (Å²) in [6.07, 6.45) is 0.231. The number of ether oxygens (including phenoxy) is 1. The van der Waals surface area contributed by atoms with E-state index in [1.807, 2.05) is 55.5 Å². The molecule has 1 atom stereocenters. The molecule has 0 spiro atoms. The van der Waals surface area contributed by atoms with E-state index >= 15 is 0 Å². The van der Waals surface area contributed by atoms with Gasteiger partial charge in [-0.2, -0.15) is 0 Å². The van der Waals surface area contributed by atoms with Crippen LogP contribution in [0.2, 0.25) is 0 Å². The average molecular weight is 251 g/mol. The first-order valence-electron chi connectivity index (χ1n) is 6.15. The molecule has 2 aromatic rings. The number of aryl methyl sites for hydroxylation is 1. The lowest BCUT2D eigenvalue weighted by Gasteiger charge is -2.22. The topological polar surface area (TPSA) is 38.7 Å². The lowest BCUT2D eigenvalue weighted by molar-refractivity contribution is -0.114. The second kappa shape index (κ2) is 4.69. The molecule has 1 aliphatic rings. The third kappa shape index (κ3) is 2.03. The van der Waals surface area contributed by atoms with Gasteiger partial charge < -0.3 is 4.74 Å².